The van der Waals surface area contributed by atoms with Gasteiger partial charge in [-0.15, -0.1) is 0 Å². The molecule has 0 N–H and O–H groups in total. The van der Waals surface area contributed by atoms with Gasteiger partial charge in [0, 0.05) is 26.6 Å². The number of ether oxygens (including phenoxy) is 3. The zero-order valence-electron chi connectivity index (χ0n) is 23.8. The third-order valence-electron chi connectivity index (χ3n) is 11.9. The summed E-state index contributed by atoms with van der Waals surface area (Å²) in [4.78, 5) is 13.2. The van der Waals surface area contributed by atoms with Crippen molar-refractivity contribution in [2.75, 3.05) is 13.7 Å². The molecule has 5 aliphatic rings. The Kier molecular flexibility index (Phi) is 7.81. The minimum absolute atomic E-state index is 0.0739. The highest BCUT2D eigenvalue weighted by molar-refractivity contribution is 5.69. The summed E-state index contributed by atoms with van der Waals surface area (Å²) in [6.07, 6.45) is 17.9. The van der Waals surface area contributed by atoms with Crippen LogP contribution in [0.4, 0.5) is 0 Å². The normalized spacial score (nSPS) is 44.4. The lowest BCUT2D eigenvalue weighted by atomic mass is 9.44. The molecule has 0 aromatic heterocycles. The molecule has 5 aliphatic carbocycles. The summed E-state index contributed by atoms with van der Waals surface area (Å²) in [7, 11) is 1.83. The number of carbonyl (C=O) groups is 1. The van der Waals surface area contributed by atoms with Crippen molar-refractivity contribution in [2.24, 2.45) is 34.5 Å². The summed E-state index contributed by atoms with van der Waals surface area (Å²) < 4.78 is 19.4. The van der Waals surface area contributed by atoms with Gasteiger partial charge in [0.25, 0.3) is 0 Å². The summed E-state index contributed by atoms with van der Waals surface area (Å²) in [5.41, 5.74) is 2.76. The van der Waals surface area contributed by atoms with Gasteiger partial charge in [0.15, 0.2) is 5.79 Å². The standard InChI is InChI=1S/C32H52O4/c1-6-19-35-29-14-13-26-24-11-12-25-23(3)28(36-31(34-5)16-9-7-8-10-17-31)20-22(2)32(25,21-33)27(24)15-18-30(26,29)4/h21-22,24,26-29H,6-20H2,1-5H3/t22?,24-,26-,27-,28-,29-,30-,32-/m0/s1. The van der Waals surface area contributed by atoms with Crippen LogP contribution in [0.15, 0.2) is 11.1 Å². The molecule has 0 bridgehead atoms. The number of allylic oxidation sites excluding steroid dienone is 1. The summed E-state index contributed by atoms with van der Waals surface area (Å²) in [6, 6.07) is 0. The lowest BCUT2D eigenvalue weighted by molar-refractivity contribution is -0.251. The second-order valence-corrected chi connectivity index (χ2v) is 13.4. The average molecular weight is 501 g/mol. The van der Waals surface area contributed by atoms with Gasteiger partial charge in [-0.25, -0.2) is 0 Å². The molecular formula is C32H52O4. The molecule has 0 heterocycles. The fraction of sp³-hybridized carbons (Fsp3) is 0.906. The second kappa shape index (κ2) is 10.5. The third kappa shape index (κ3) is 4.16. The quantitative estimate of drug-likeness (QED) is 0.156. The Morgan fingerprint density at radius 3 is 2.42 bits per heavy atom. The molecule has 36 heavy (non-hydrogen) atoms. The van der Waals surface area contributed by atoms with Gasteiger partial charge in [-0.3, -0.25) is 0 Å². The van der Waals surface area contributed by atoms with Crippen molar-refractivity contribution in [2.45, 2.75) is 136 Å². The predicted octanol–water partition coefficient (Wildman–Crippen LogP) is 7.64. The van der Waals surface area contributed by atoms with Crippen molar-refractivity contribution in [1.82, 2.24) is 0 Å². The number of hydrogen-bond acceptors (Lipinski definition) is 4. The highest BCUT2D eigenvalue weighted by Gasteiger charge is 2.63. The van der Waals surface area contributed by atoms with Gasteiger partial charge in [-0.2, -0.15) is 0 Å². The van der Waals surface area contributed by atoms with Crippen LogP contribution < -0.4 is 0 Å². The van der Waals surface area contributed by atoms with E-state index in [1.807, 2.05) is 7.11 Å². The van der Waals surface area contributed by atoms with E-state index < -0.39 is 5.79 Å². The monoisotopic (exact) mass is 500 g/mol. The Morgan fingerprint density at radius 2 is 1.75 bits per heavy atom. The molecule has 0 spiro atoms. The highest BCUT2D eigenvalue weighted by Crippen LogP contribution is 2.67. The summed E-state index contributed by atoms with van der Waals surface area (Å²) in [5.74, 6) is 1.67. The summed E-state index contributed by atoms with van der Waals surface area (Å²) in [6.45, 7) is 10.2. The van der Waals surface area contributed by atoms with Gasteiger partial charge < -0.3 is 19.0 Å². The number of methoxy groups -OCH3 is 1. The lowest BCUT2D eigenvalue weighted by Crippen LogP contribution is -2.57. The SMILES string of the molecule is CCCO[C@H]1CC[C@H]2[C@@H]3CCC4=C(C)[C@@H](OC5(OC)CCCCCC5)CC(C)[C@]4(C=O)[C@H]3CC[C@]12C. The Labute approximate surface area is 220 Å². The minimum Gasteiger partial charge on any atom is -0.378 e. The Hall–Kier alpha value is -0.710. The maximum Gasteiger partial charge on any atom is 0.168 e. The first-order valence-electron chi connectivity index (χ1n) is 15.4. The van der Waals surface area contributed by atoms with E-state index >= 15 is 0 Å². The van der Waals surface area contributed by atoms with Gasteiger partial charge in [-0.1, -0.05) is 39.2 Å². The number of aldehydes is 1. The number of hydrogen-bond donors (Lipinski definition) is 0. The zero-order valence-corrected chi connectivity index (χ0v) is 23.8. The zero-order chi connectivity index (χ0) is 25.6. The summed E-state index contributed by atoms with van der Waals surface area (Å²) in [5, 5.41) is 0. The minimum atomic E-state index is -0.453. The molecule has 204 valence electrons. The molecule has 0 aliphatic heterocycles. The Morgan fingerprint density at radius 1 is 1.00 bits per heavy atom. The molecule has 0 radical (unpaired) electrons. The van der Waals surface area contributed by atoms with Crippen LogP contribution in [0.1, 0.15) is 118 Å². The van der Waals surface area contributed by atoms with Gasteiger partial charge in [0.05, 0.1) is 17.6 Å². The van der Waals surface area contributed by atoms with E-state index in [4.69, 9.17) is 14.2 Å². The highest BCUT2D eigenvalue weighted by atomic mass is 16.7. The fourth-order valence-corrected chi connectivity index (χ4v) is 9.92. The van der Waals surface area contributed by atoms with Crippen LogP contribution in [0, 0.1) is 34.5 Å². The average Bonchev–Trinajstić information content (AvgIpc) is 3.05. The first-order chi connectivity index (χ1) is 17.3. The predicted molar refractivity (Wildman–Crippen MR) is 144 cm³/mol. The molecule has 4 heteroatoms. The number of carbonyl (C=O) groups excluding carboxylic acids is 1. The third-order valence-corrected chi connectivity index (χ3v) is 11.9. The van der Waals surface area contributed by atoms with Crippen molar-refractivity contribution in [3.63, 3.8) is 0 Å². The molecule has 4 saturated carbocycles. The van der Waals surface area contributed by atoms with E-state index in [2.05, 4.69) is 27.7 Å². The van der Waals surface area contributed by atoms with Crippen molar-refractivity contribution in [3.8, 4) is 0 Å². The van der Waals surface area contributed by atoms with Crippen LogP contribution in [0.3, 0.4) is 0 Å². The van der Waals surface area contributed by atoms with Crippen LogP contribution >= 0.6 is 0 Å². The van der Waals surface area contributed by atoms with Crippen molar-refractivity contribution in [3.05, 3.63) is 11.1 Å². The molecule has 0 aromatic rings. The topological polar surface area (TPSA) is 44.8 Å². The van der Waals surface area contributed by atoms with Crippen molar-refractivity contribution >= 4 is 6.29 Å². The van der Waals surface area contributed by atoms with Crippen LogP contribution in [0.2, 0.25) is 0 Å². The maximum atomic E-state index is 13.2. The second-order valence-electron chi connectivity index (χ2n) is 13.4. The molecule has 1 unspecified atom stereocenters. The molecule has 0 aromatic carbocycles. The fourth-order valence-electron chi connectivity index (χ4n) is 9.92. The van der Waals surface area contributed by atoms with Gasteiger partial charge in [0.2, 0.25) is 0 Å². The first kappa shape index (κ1) is 26.9. The molecule has 0 saturated heterocycles. The number of fused-ring (bicyclic) bond motifs is 5. The Balaban J connectivity index is 1.42. The van der Waals surface area contributed by atoms with E-state index in [1.54, 1.807) is 0 Å². The molecule has 4 fully saturated rings. The largest absolute Gasteiger partial charge is 0.378 e. The van der Waals surface area contributed by atoms with Gasteiger partial charge >= 0.3 is 0 Å². The molecule has 4 nitrogen and oxygen atoms in total. The lowest BCUT2D eigenvalue weighted by Gasteiger charge is -2.60. The van der Waals surface area contributed by atoms with Crippen molar-refractivity contribution < 1.29 is 19.0 Å². The molecule has 5 rings (SSSR count). The summed E-state index contributed by atoms with van der Waals surface area (Å²) >= 11 is 0. The van der Waals surface area contributed by atoms with E-state index in [-0.39, 0.29) is 16.9 Å². The van der Waals surface area contributed by atoms with Crippen LogP contribution in [0.25, 0.3) is 0 Å². The molecule has 8 atom stereocenters. The van der Waals surface area contributed by atoms with E-state index in [9.17, 15) is 4.79 Å². The number of rotatable bonds is 7. The smallest absolute Gasteiger partial charge is 0.168 e. The Bertz CT molecular complexity index is 826. The van der Waals surface area contributed by atoms with Gasteiger partial charge in [-0.05, 0) is 106 Å². The molecule has 0 amide bonds. The van der Waals surface area contributed by atoms with E-state index in [0.717, 1.165) is 45.1 Å². The first-order valence-corrected chi connectivity index (χ1v) is 15.4. The van der Waals surface area contributed by atoms with Crippen molar-refractivity contribution in [1.29, 1.82) is 0 Å². The van der Waals surface area contributed by atoms with Crippen LogP contribution in [-0.4, -0.2) is 38.0 Å². The van der Waals surface area contributed by atoms with Gasteiger partial charge in [0.1, 0.15) is 6.29 Å². The van der Waals surface area contributed by atoms with Crippen LogP contribution in [-0.2, 0) is 19.0 Å². The van der Waals surface area contributed by atoms with E-state index in [0.29, 0.717) is 29.8 Å². The molecular weight excluding hydrogens is 448 g/mol. The maximum absolute atomic E-state index is 13.2. The van der Waals surface area contributed by atoms with Crippen LogP contribution in [0.5, 0.6) is 0 Å². The van der Waals surface area contributed by atoms with E-state index in [1.165, 1.54) is 68.8 Å².